The van der Waals surface area contributed by atoms with Gasteiger partial charge in [-0.2, -0.15) is 0 Å². The van der Waals surface area contributed by atoms with Crippen LogP contribution < -0.4 is 5.32 Å². The summed E-state index contributed by atoms with van der Waals surface area (Å²) >= 11 is 0. The molecular formula is C52H77FN2O6S2. The lowest BCUT2D eigenvalue weighted by atomic mass is 9.33. The van der Waals surface area contributed by atoms with Crippen molar-refractivity contribution in [1.82, 2.24) is 10.2 Å². The van der Waals surface area contributed by atoms with E-state index in [1.165, 1.54) is 42.4 Å². The second kappa shape index (κ2) is 17.1. The van der Waals surface area contributed by atoms with Gasteiger partial charge in [0.05, 0.1) is 28.4 Å². The van der Waals surface area contributed by atoms with Crippen LogP contribution in [-0.4, -0.2) is 89.1 Å². The summed E-state index contributed by atoms with van der Waals surface area (Å²) in [6.07, 6.45) is 16.4. The Bertz CT molecular complexity index is 2190. The highest BCUT2D eigenvalue weighted by molar-refractivity contribution is 7.91. The lowest BCUT2D eigenvalue weighted by Gasteiger charge is -2.72. The number of esters is 1. The van der Waals surface area contributed by atoms with Gasteiger partial charge in [-0.3, -0.25) is 4.79 Å². The van der Waals surface area contributed by atoms with Crippen molar-refractivity contribution in [1.29, 1.82) is 0 Å². The highest BCUT2D eigenvalue weighted by Crippen LogP contribution is 2.76. The maximum atomic E-state index is 14.8. The first kappa shape index (κ1) is 47.2. The van der Waals surface area contributed by atoms with Crippen LogP contribution in [0.25, 0.3) is 0 Å². The Hall–Kier alpha value is -2.34. The van der Waals surface area contributed by atoms with Crippen LogP contribution in [0.3, 0.4) is 0 Å². The monoisotopic (exact) mass is 909 g/mol. The van der Waals surface area contributed by atoms with Gasteiger partial charge in [-0.05, 0) is 152 Å². The van der Waals surface area contributed by atoms with E-state index in [2.05, 4.69) is 65.6 Å². The summed E-state index contributed by atoms with van der Waals surface area (Å²) in [5, 5.41) is 3.98. The Kier molecular flexibility index (Phi) is 12.8. The first-order valence-corrected chi connectivity index (χ1v) is 28.0. The molecule has 1 saturated heterocycles. The van der Waals surface area contributed by atoms with Gasteiger partial charge >= 0.3 is 5.97 Å². The fourth-order valence-electron chi connectivity index (χ4n) is 15.8. The number of ether oxygens (including phenoxy) is 1. The fraction of sp³-hybridized carbons (Fsp3) is 0.750. The van der Waals surface area contributed by atoms with Gasteiger partial charge in [-0.25, -0.2) is 21.2 Å². The number of benzene rings is 1. The summed E-state index contributed by atoms with van der Waals surface area (Å²) in [5.41, 5.74) is 4.06. The average molecular weight is 909 g/mol. The number of alkyl halides is 1. The molecule has 5 fully saturated rings. The van der Waals surface area contributed by atoms with Crippen molar-refractivity contribution in [2.75, 3.05) is 55.9 Å². The molecule has 1 aromatic rings. The van der Waals surface area contributed by atoms with Crippen LogP contribution in [0.2, 0.25) is 0 Å². The number of carbonyl (C=O) groups is 1. The van der Waals surface area contributed by atoms with Crippen molar-refractivity contribution in [3.05, 3.63) is 71.3 Å². The summed E-state index contributed by atoms with van der Waals surface area (Å²) in [7, 11) is -6.31. The largest absolute Gasteiger partial charge is 0.460 e. The zero-order chi connectivity index (χ0) is 45.3. The minimum atomic E-state index is -3.31. The molecular weight excluding hydrogens is 832 g/mol. The third kappa shape index (κ3) is 8.29. The molecule has 7 aliphatic rings. The molecule has 63 heavy (non-hydrogen) atoms. The minimum Gasteiger partial charge on any atom is -0.460 e. The van der Waals surface area contributed by atoms with Crippen LogP contribution in [0.15, 0.2) is 65.8 Å². The second-order valence-corrected chi connectivity index (χ2v) is 27.5. The second-order valence-electron chi connectivity index (χ2n) is 22.9. The molecule has 1 aromatic carbocycles. The first-order chi connectivity index (χ1) is 29.6. The summed E-state index contributed by atoms with van der Waals surface area (Å²) < 4.78 is 71.0. The molecule has 0 spiro atoms. The topological polar surface area (TPSA) is 110 Å². The number of fused-ring (bicyclic) bond motifs is 7. The highest BCUT2D eigenvalue weighted by atomic mass is 32.2. The minimum absolute atomic E-state index is 0.0572. The molecule has 350 valence electrons. The van der Waals surface area contributed by atoms with Gasteiger partial charge in [-0.1, -0.05) is 89.3 Å². The van der Waals surface area contributed by atoms with E-state index < -0.39 is 37.7 Å². The number of rotatable bonds is 13. The Balaban J connectivity index is 0.965. The van der Waals surface area contributed by atoms with Gasteiger partial charge in [0.1, 0.15) is 13.3 Å². The molecule has 1 N–H and O–H groups in total. The summed E-state index contributed by atoms with van der Waals surface area (Å²) in [6.45, 7) is 20.7. The van der Waals surface area contributed by atoms with E-state index >= 15 is 0 Å². The van der Waals surface area contributed by atoms with Crippen LogP contribution in [0.1, 0.15) is 124 Å². The van der Waals surface area contributed by atoms with E-state index in [0.717, 1.165) is 37.7 Å². The molecule has 4 saturated carbocycles. The van der Waals surface area contributed by atoms with Crippen molar-refractivity contribution in [3.8, 4) is 0 Å². The fourth-order valence-corrected chi connectivity index (χ4v) is 18.2. The Morgan fingerprint density at radius 3 is 2.29 bits per heavy atom. The SMILES string of the molecule is C=C(C)[C@@H]1CC[C@]2(NCCS(=O)(=O)CCN3CCS(=O)(=O)CC3)CC[C@]3(C)[C@H](CC[C@@H]4[C@@]5(C)CC=C(C6=CC[C@](CF)(C(=O)OCc7ccccc7)CC6)C(C)(C)[C@@H]5CC[C@]43C)[C@@H]12. The number of hydrogen-bond acceptors (Lipinski definition) is 8. The molecule has 0 radical (unpaired) electrons. The van der Waals surface area contributed by atoms with E-state index in [4.69, 9.17) is 4.74 Å². The summed E-state index contributed by atoms with van der Waals surface area (Å²) in [6, 6.07) is 9.61. The quantitative estimate of drug-likeness (QED) is 0.154. The van der Waals surface area contributed by atoms with Gasteiger partial charge in [0.15, 0.2) is 19.7 Å². The van der Waals surface area contributed by atoms with Gasteiger partial charge in [0.25, 0.3) is 0 Å². The Labute approximate surface area is 379 Å². The zero-order valence-electron chi connectivity index (χ0n) is 39.3. The third-order valence-electron chi connectivity index (χ3n) is 19.5. The lowest BCUT2D eigenvalue weighted by Crippen LogP contribution is -2.68. The number of halogens is 1. The number of carbonyl (C=O) groups excluding carboxylic acids is 1. The number of allylic oxidation sites excluding steroid dienone is 5. The molecule has 0 bridgehead atoms. The lowest BCUT2D eigenvalue weighted by molar-refractivity contribution is -0.221. The molecule has 0 amide bonds. The molecule has 11 heteroatoms. The van der Waals surface area contributed by atoms with Crippen molar-refractivity contribution < 1.29 is 30.8 Å². The Morgan fingerprint density at radius 1 is 0.889 bits per heavy atom. The number of sulfone groups is 2. The molecule has 0 aromatic heterocycles. The molecule has 1 aliphatic heterocycles. The molecule has 10 atom stereocenters. The van der Waals surface area contributed by atoms with Crippen molar-refractivity contribution in [2.24, 2.45) is 56.7 Å². The van der Waals surface area contributed by atoms with E-state index in [1.54, 1.807) is 0 Å². The van der Waals surface area contributed by atoms with Crippen LogP contribution in [0, 0.1) is 56.7 Å². The predicted molar refractivity (Wildman–Crippen MR) is 251 cm³/mol. The molecule has 8 rings (SSSR count). The molecule has 8 nitrogen and oxygen atoms in total. The maximum Gasteiger partial charge on any atom is 0.315 e. The molecule has 6 aliphatic carbocycles. The standard InChI is InChI=1S/C52H77FN2O6S2/c1-37(2)40-17-24-52(54-27-31-62(57,58)32-28-55-29-33-63(59,60)34-30-55)26-25-49(6)42(45(40)52)13-14-44-48(5)20-18-41(47(3,4)43(48)19-21-50(44,49)7)39-15-22-51(36-53,23-16-39)46(56)61-35-38-11-9-8-10-12-38/h8-12,15,18,40,42-45,54H,1,13-14,16-17,19-36H2,2-7H3/t40-,42+,43-,44+,45+,48-,49+,50+,51-,52-/m0/s1. The van der Waals surface area contributed by atoms with Crippen molar-refractivity contribution in [3.63, 3.8) is 0 Å². The van der Waals surface area contributed by atoms with Crippen molar-refractivity contribution in [2.45, 2.75) is 131 Å². The predicted octanol–water partition coefficient (Wildman–Crippen LogP) is 9.48. The van der Waals surface area contributed by atoms with E-state index in [9.17, 15) is 26.0 Å². The Morgan fingerprint density at radius 2 is 1.62 bits per heavy atom. The van der Waals surface area contributed by atoms with Gasteiger partial charge in [0.2, 0.25) is 0 Å². The average Bonchev–Trinajstić information content (AvgIpc) is 3.63. The van der Waals surface area contributed by atoms with Crippen LogP contribution >= 0.6 is 0 Å². The molecule has 1 heterocycles. The summed E-state index contributed by atoms with van der Waals surface area (Å²) in [4.78, 5) is 15.4. The van der Waals surface area contributed by atoms with E-state index in [1.807, 2.05) is 35.2 Å². The summed E-state index contributed by atoms with van der Waals surface area (Å²) in [5.74, 6) is 2.43. The van der Waals surface area contributed by atoms with Gasteiger partial charge in [-0.15, -0.1) is 0 Å². The van der Waals surface area contributed by atoms with Crippen LogP contribution in [-0.2, 0) is 35.8 Å². The zero-order valence-corrected chi connectivity index (χ0v) is 40.9. The smallest absolute Gasteiger partial charge is 0.315 e. The van der Waals surface area contributed by atoms with Gasteiger partial charge in [0, 0.05) is 31.7 Å². The number of nitrogens with one attached hydrogen (secondary N) is 1. The van der Waals surface area contributed by atoms with Crippen LogP contribution in [0.5, 0.6) is 0 Å². The molecule has 0 unspecified atom stereocenters. The van der Waals surface area contributed by atoms with Crippen molar-refractivity contribution >= 4 is 25.6 Å². The third-order valence-corrected chi connectivity index (χ3v) is 22.8. The maximum absolute atomic E-state index is 14.8. The first-order valence-electron chi connectivity index (χ1n) is 24.4. The van der Waals surface area contributed by atoms with E-state index in [-0.39, 0.29) is 56.8 Å². The highest BCUT2D eigenvalue weighted by Gasteiger charge is 2.70. The van der Waals surface area contributed by atoms with E-state index in [0.29, 0.717) is 75.0 Å². The normalized spacial score (nSPS) is 39.7. The van der Waals surface area contributed by atoms with Gasteiger partial charge < -0.3 is 15.0 Å². The van der Waals surface area contributed by atoms with Crippen LogP contribution in [0.4, 0.5) is 4.39 Å². The number of nitrogens with zero attached hydrogens (tertiary/aromatic N) is 1. The number of hydrogen-bond donors (Lipinski definition) is 1.